The number of hydrogen-bond acceptors (Lipinski definition) is 8. The third-order valence-corrected chi connectivity index (χ3v) is 5.57. The zero-order chi connectivity index (χ0) is 24.0. The number of rotatable bonds is 4. The number of anilines is 4. The topological polar surface area (TPSA) is 139 Å². The molecule has 1 aliphatic carbocycles. The fourth-order valence-electron chi connectivity index (χ4n) is 3.97. The molecular weight excluding hydrogens is 436 g/mol. The Labute approximate surface area is 193 Å². The van der Waals surface area contributed by atoms with Crippen LogP contribution in [0.3, 0.4) is 0 Å². The first kappa shape index (κ1) is 20.9. The molecule has 8 heteroatoms. The van der Waals surface area contributed by atoms with E-state index in [1.54, 1.807) is 36.4 Å². The van der Waals surface area contributed by atoms with Crippen molar-refractivity contribution in [3.05, 3.63) is 95.1 Å². The number of carbonyl (C=O) groups excluding carboxylic acids is 2. The Morgan fingerprint density at radius 3 is 1.15 bits per heavy atom. The molecule has 0 aliphatic heterocycles. The summed E-state index contributed by atoms with van der Waals surface area (Å²) in [5.41, 5.74) is 1.25. The minimum Gasteiger partial charge on any atom is -0.508 e. The number of fused-ring (bicyclic) bond motifs is 2. The number of ketones is 2. The van der Waals surface area contributed by atoms with E-state index in [1.807, 2.05) is 0 Å². The maximum Gasteiger partial charge on any atom is 0.200 e. The summed E-state index contributed by atoms with van der Waals surface area (Å²) in [6.07, 6.45) is 0. The molecule has 0 saturated heterocycles. The molecule has 0 spiro atoms. The molecule has 0 unspecified atom stereocenters. The third-order valence-electron chi connectivity index (χ3n) is 5.57. The van der Waals surface area contributed by atoms with E-state index in [1.165, 1.54) is 24.3 Å². The number of phenols is 4. The standard InChI is InChI=1S/C26H18N2O6/c29-15-5-1-13(2-6-15)27-17-9-10-18(28-14-3-7-16(30)8-4-14)22-21(17)25(33)23-19(31)11-12-20(32)24(23)26(22)34/h1-12,27-32H. The first-order valence-corrected chi connectivity index (χ1v) is 10.3. The van der Waals surface area contributed by atoms with E-state index in [9.17, 15) is 30.0 Å². The van der Waals surface area contributed by atoms with Crippen molar-refractivity contribution in [2.45, 2.75) is 0 Å². The molecule has 1 aliphatic rings. The Hall–Kier alpha value is -4.98. The summed E-state index contributed by atoms with van der Waals surface area (Å²) >= 11 is 0. The van der Waals surface area contributed by atoms with Gasteiger partial charge in [0.2, 0.25) is 11.6 Å². The lowest BCUT2D eigenvalue weighted by molar-refractivity contribution is 0.0975. The monoisotopic (exact) mass is 454 g/mol. The van der Waals surface area contributed by atoms with Crippen molar-refractivity contribution in [1.29, 1.82) is 0 Å². The molecule has 0 heterocycles. The summed E-state index contributed by atoms with van der Waals surface area (Å²) in [6.45, 7) is 0. The predicted octanol–water partition coefficient (Wildman–Crippen LogP) is 4.77. The molecule has 34 heavy (non-hydrogen) atoms. The van der Waals surface area contributed by atoms with Crippen LogP contribution in [0.25, 0.3) is 0 Å². The SMILES string of the molecule is O=C1c2c(O)ccc(O)c2C(=O)c2c(Nc3ccc(O)cc3)ccc(Nc3ccc(O)cc3)c21. The molecule has 5 rings (SSSR count). The van der Waals surface area contributed by atoms with Gasteiger partial charge in [0.05, 0.1) is 33.6 Å². The average molecular weight is 454 g/mol. The van der Waals surface area contributed by atoms with Gasteiger partial charge in [0.25, 0.3) is 0 Å². The van der Waals surface area contributed by atoms with Crippen LogP contribution in [-0.4, -0.2) is 32.0 Å². The first-order chi connectivity index (χ1) is 16.3. The van der Waals surface area contributed by atoms with E-state index in [2.05, 4.69) is 10.6 Å². The van der Waals surface area contributed by atoms with Gasteiger partial charge in [0.15, 0.2) is 0 Å². The Kier molecular flexibility index (Phi) is 4.83. The quantitative estimate of drug-likeness (QED) is 0.214. The van der Waals surface area contributed by atoms with Gasteiger partial charge in [-0.05, 0) is 72.8 Å². The minimum absolute atomic E-state index is 0.0234. The van der Waals surface area contributed by atoms with Crippen LogP contribution in [0.15, 0.2) is 72.8 Å². The van der Waals surface area contributed by atoms with Gasteiger partial charge < -0.3 is 31.1 Å². The fraction of sp³-hybridized carbons (Fsp3) is 0. The third kappa shape index (κ3) is 3.43. The summed E-state index contributed by atoms with van der Waals surface area (Å²) in [5, 5.41) is 46.0. The average Bonchev–Trinajstić information content (AvgIpc) is 2.82. The summed E-state index contributed by atoms with van der Waals surface area (Å²) in [7, 11) is 0. The molecule has 168 valence electrons. The summed E-state index contributed by atoms with van der Waals surface area (Å²) in [4.78, 5) is 27.2. The highest BCUT2D eigenvalue weighted by Gasteiger charge is 2.38. The van der Waals surface area contributed by atoms with Gasteiger partial charge >= 0.3 is 0 Å². The Morgan fingerprint density at radius 1 is 0.441 bits per heavy atom. The number of nitrogens with one attached hydrogen (secondary N) is 2. The highest BCUT2D eigenvalue weighted by Crippen LogP contribution is 2.43. The van der Waals surface area contributed by atoms with Crippen LogP contribution in [0.2, 0.25) is 0 Å². The van der Waals surface area contributed by atoms with Gasteiger partial charge in [-0.25, -0.2) is 0 Å². The molecule has 0 saturated carbocycles. The molecule has 8 nitrogen and oxygen atoms in total. The second kappa shape index (κ2) is 7.86. The zero-order valence-corrected chi connectivity index (χ0v) is 17.5. The normalized spacial score (nSPS) is 12.1. The van der Waals surface area contributed by atoms with Crippen molar-refractivity contribution in [3.8, 4) is 23.0 Å². The van der Waals surface area contributed by atoms with Crippen molar-refractivity contribution in [2.24, 2.45) is 0 Å². The number of phenolic OH excluding ortho intramolecular Hbond substituents is 4. The fourth-order valence-corrected chi connectivity index (χ4v) is 3.97. The van der Waals surface area contributed by atoms with Crippen LogP contribution < -0.4 is 10.6 Å². The molecule has 6 N–H and O–H groups in total. The molecule has 0 fully saturated rings. The van der Waals surface area contributed by atoms with Crippen LogP contribution in [0.5, 0.6) is 23.0 Å². The van der Waals surface area contributed by atoms with Crippen LogP contribution in [0.4, 0.5) is 22.7 Å². The van der Waals surface area contributed by atoms with Crippen molar-refractivity contribution in [1.82, 2.24) is 0 Å². The summed E-state index contributed by atoms with van der Waals surface area (Å²) in [5.74, 6) is -1.95. The molecule has 0 atom stereocenters. The number of benzene rings is 4. The van der Waals surface area contributed by atoms with E-state index in [-0.39, 0.29) is 33.8 Å². The van der Waals surface area contributed by atoms with Gasteiger partial charge in [0, 0.05) is 11.4 Å². The number of hydrogen-bond donors (Lipinski definition) is 6. The van der Waals surface area contributed by atoms with Crippen molar-refractivity contribution in [3.63, 3.8) is 0 Å². The highest BCUT2D eigenvalue weighted by molar-refractivity contribution is 6.33. The number of aromatic hydroxyl groups is 4. The van der Waals surface area contributed by atoms with Crippen LogP contribution in [-0.2, 0) is 0 Å². The smallest absolute Gasteiger partial charge is 0.200 e. The molecule has 0 bridgehead atoms. The maximum absolute atomic E-state index is 13.6. The zero-order valence-electron chi connectivity index (χ0n) is 17.5. The van der Waals surface area contributed by atoms with Crippen LogP contribution in [0, 0.1) is 0 Å². The van der Waals surface area contributed by atoms with E-state index in [0.29, 0.717) is 22.7 Å². The second-order valence-electron chi connectivity index (χ2n) is 7.77. The number of carbonyl (C=O) groups is 2. The predicted molar refractivity (Wildman–Crippen MR) is 126 cm³/mol. The first-order valence-electron chi connectivity index (χ1n) is 10.3. The molecular formula is C26H18N2O6. The summed E-state index contributed by atoms with van der Waals surface area (Å²) < 4.78 is 0. The largest absolute Gasteiger partial charge is 0.508 e. The molecule has 0 aromatic heterocycles. The molecule has 0 radical (unpaired) electrons. The van der Waals surface area contributed by atoms with Crippen LogP contribution >= 0.6 is 0 Å². The van der Waals surface area contributed by atoms with Crippen molar-refractivity contribution < 1.29 is 30.0 Å². The van der Waals surface area contributed by atoms with Crippen LogP contribution in [0.1, 0.15) is 31.8 Å². The van der Waals surface area contributed by atoms with Gasteiger partial charge in [-0.3, -0.25) is 9.59 Å². The van der Waals surface area contributed by atoms with E-state index < -0.39 is 23.1 Å². The van der Waals surface area contributed by atoms with Gasteiger partial charge in [-0.15, -0.1) is 0 Å². The second-order valence-corrected chi connectivity index (χ2v) is 7.77. The van der Waals surface area contributed by atoms with E-state index in [0.717, 1.165) is 12.1 Å². The molecule has 0 amide bonds. The van der Waals surface area contributed by atoms with E-state index in [4.69, 9.17) is 0 Å². The Bertz CT molecular complexity index is 1350. The lowest BCUT2D eigenvalue weighted by atomic mass is 9.81. The van der Waals surface area contributed by atoms with Crippen molar-refractivity contribution >= 4 is 34.3 Å². The Balaban J connectivity index is 1.70. The van der Waals surface area contributed by atoms with Gasteiger partial charge in [0.1, 0.15) is 23.0 Å². The molecule has 4 aromatic carbocycles. The lowest BCUT2D eigenvalue weighted by Gasteiger charge is -2.25. The van der Waals surface area contributed by atoms with Gasteiger partial charge in [-0.1, -0.05) is 0 Å². The minimum atomic E-state index is -0.631. The highest BCUT2D eigenvalue weighted by atomic mass is 16.3. The van der Waals surface area contributed by atoms with E-state index >= 15 is 0 Å². The lowest BCUT2D eigenvalue weighted by Crippen LogP contribution is -2.24. The summed E-state index contributed by atoms with van der Waals surface area (Å²) in [6, 6.07) is 17.9. The molecule has 4 aromatic rings. The van der Waals surface area contributed by atoms with Gasteiger partial charge in [-0.2, -0.15) is 0 Å². The Morgan fingerprint density at radius 2 is 0.794 bits per heavy atom. The maximum atomic E-state index is 13.6. The van der Waals surface area contributed by atoms with Crippen molar-refractivity contribution in [2.75, 3.05) is 10.6 Å².